The lowest BCUT2D eigenvalue weighted by Crippen LogP contribution is -2.45. The van der Waals surface area contributed by atoms with Gasteiger partial charge in [-0.3, -0.25) is 14.9 Å². The van der Waals surface area contributed by atoms with E-state index in [0.717, 1.165) is 47.3 Å². The van der Waals surface area contributed by atoms with Gasteiger partial charge in [0.2, 0.25) is 0 Å². The summed E-state index contributed by atoms with van der Waals surface area (Å²) in [5.41, 5.74) is 4.99. The van der Waals surface area contributed by atoms with Gasteiger partial charge in [-0.15, -0.1) is 0 Å². The van der Waals surface area contributed by atoms with Crippen molar-refractivity contribution in [2.24, 2.45) is 5.92 Å². The molecular formula is C23H33ClN4O. The highest BCUT2D eigenvalue weighted by molar-refractivity contribution is 6.30. The summed E-state index contributed by atoms with van der Waals surface area (Å²) < 4.78 is 0. The lowest BCUT2D eigenvalue weighted by atomic mass is 9.90. The molecule has 0 saturated carbocycles. The van der Waals surface area contributed by atoms with Gasteiger partial charge in [0.1, 0.15) is 0 Å². The Morgan fingerprint density at radius 1 is 1.14 bits per heavy atom. The molecule has 1 fully saturated rings. The number of likely N-dealkylation sites (tertiary alicyclic amines) is 1. The fourth-order valence-electron chi connectivity index (χ4n) is 4.72. The minimum Gasteiger partial charge on any atom is -0.394 e. The first-order valence-electron chi connectivity index (χ1n) is 10.4. The van der Waals surface area contributed by atoms with E-state index in [1.807, 2.05) is 32.9 Å². The molecular weight excluding hydrogens is 384 g/mol. The maximum absolute atomic E-state index is 10.1. The van der Waals surface area contributed by atoms with Crippen LogP contribution in [0.5, 0.6) is 0 Å². The zero-order chi connectivity index (χ0) is 21.2. The first-order chi connectivity index (χ1) is 13.8. The van der Waals surface area contributed by atoms with Gasteiger partial charge in [-0.05, 0) is 64.3 Å². The smallest absolute Gasteiger partial charge is 0.0757 e. The summed E-state index contributed by atoms with van der Waals surface area (Å²) in [5.74, 6) is 0.382. The number of nitrogens with one attached hydrogen (secondary N) is 1. The summed E-state index contributed by atoms with van der Waals surface area (Å²) in [6.07, 6.45) is 0.940. The number of aryl methyl sites for hydroxylation is 3. The Labute approximate surface area is 179 Å². The number of nitrogens with zero attached hydrogens (tertiary/aromatic N) is 3. The number of rotatable bonds is 7. The van der Waals surface area contributed by atoms with Gasteiger partial charge < -0.3 is 10.4 Å². The van der Waals surface area contributed by atoms with Crippen molar-refractivity contribution in [1.82, 2.24) is 20.2 Å². The molecule has 3 atom stereocenters. The van der Waals surface area contributed by atoms with E-state index in [0.29, 0.717) is 12.5 Å². The van der Waals surface area contributed by atoms with Crippen molar-refractivity contribution in [3.8, 4) is 0 Å². The number of benzene rings is 1. The summed E-state index contributed by atoms with van der Waals surface area (Å²) in [4.78, 5) is 11.7. The molecule has 29 heavy (non-hydrogen) atoms. The van der Waals surface area contributed by atoms with Crippen molar-refractivity contribution in [3.63, 3.8) is 0 Å². The van der Waals surface area contributed by atoms with Crippen LogP contribution in [0, 0.1) is 26.7 Å². The average molecular weight is 417 g/mol. The van der Waals surface area contributed by atoms with Crippen LogP contribution in [0.3, 0.4) is 0 Å². The van der Waals surface area contributed by atoms with Gasteiger partial charge in [0.15, 0.2) is 0 Å². The summed E-state index contributed by atoms with van der Waals surface area (Å²) in [6.45, 7) is 13.0. The van der Waals surface area contributed by atoms with Crippen LogP contribution < -0.4 is 5.32 Å². The van der Waals surface area contributed by atoms with E-state index in [9.17, 15) is 5.11 Å². The van der Waals surface area contributed by atoms with E-state index in [-0.39, 0.29) is 18.2 Å². The van der Waals surface area contributed by atoms with Crippen LogP contribution in [0.15, 0.2) is 24.3 Å². The van der Waals surface area contributed by atoms with E-state index < -0.39 is 0 Å². The Balaban J connectivity index is 1.78. The third kappa shape index (κ3) is 4.64. The number of aliphatic hydroxyl groups excluding tert-OH is 1. The Morgan fingerprint density at radius 3 is 2.41 bits per heavy atom. The van der Waals surface area contributed by atoms with Crippen LogP contribution >= 0.6 is 11.6 Å². The van der Waals surface area contributed by atoms with Gasteiger partial charge in [0.25, 0.3) is 0 Å². The highest BCUT2D eigenvalue weighted by Crippen LogP contribution is 2.46. The van der Waals surface area contributed by atoms with E-state index in [1.165, 1.54) is 5.56 Å². The normalized spacial score (nSPS) is 24.9. The molecule has 0 amide bonds. The van der Waals surface area contributed by atoms with Crippen molar-refractivity contribution >= 4 is 11.6 Å². The first kappa shape index (κ1) is 22.2. The summed E-state index contributed by atoms with van der Waals surface area (Å²) in [7, 11) is 0. The fraction of sp³-hybridized carbons (Fsp3) is 0.565. The first-order valence-corrected chi connectivity index (χ1v) is 10.8. The second-order valence-corrected chi connectivity index (χ2v) is 8.90. The number of aromatic nitrogens is 2. The number of hydrogen-bond acceptors (Lipinski definition) is 5. The summed E-state index contributed by atoms with van der Waals surface area (Å²) >= 11 is 6.12. The van der Waals surface area contributed by atoms with Gasteiger partial charge in [-0.2, -0.15) is 0 Å². The average Bonchev–Trinajstić information content (AvgIpc) is 2.98. The Hall–Kier alpha value is -1.53. The zero-order valence-electron chi connectivity index (χ0n) is 18.2. The van der Waals surface area contributed by atoms with Crippen LogP contribution in [-0.2, 0) is 6.54 Å². The third-order valence-corrected chi connectivity index (χ3v) is 6.60. The lowest BCUT2D eigenvalue weighted by Gasteiger charge is -2.37. The molecule has 6 heteroatoms. The second-order valence-electron chi connectivity index (χ2n) is 8.46. The monoisotopic (exact) mass is 416 g/mol. The maximum Gasteiger partial charge on any atom is 0.0757 e. The van der Waals surface area contributed by atoms with Gasteiger partial charge in [0, 0.05) is 29.7 Å². The number of likely N-dealkylation sites (N-methyl/N-ethyl adjacent to an activating group) is 1. The predicted molar refractivity (Wildman–Crippen MR) is 118 cm³/mol. The molecule has 0 unspecified atom stereocenters. The van der Waals surface area contributed by atoms with Crippen LogP contribution in [0.1, 0.15) is 54.6 Å². The number of hydrogen-bond donors (Lipinski definition) is 2. The molecule has 158 valence electrons. The van der Waals surface area contributed by atoms with Crippen molar-refractivity contribution in [2.45, 2.75) is 59.2 Å². The summed E-state index contributed by atoms with van der Waals surface area (Å²) in [6, 6.07) is 8.39. The quantitative estimate of drug-likeness (QED) is 0.714. The van der Waals surface area contributed by atoms with Crippen molar-refractivity contribution in [1.29, 1.82) is 0 Å². The van der Waals surface area contributed by atoms with E-state index in [2.05, 4.69) is 41.2 Å². The van der Waals surface area contributed by atoms with Gasteiger partial charge in [-0.25, -0.2) is 0 Å². The van der Waals surface area contributed by atoms with Crippen LogP contribution in [-0.4, -0.2) is 45.2 Å². The standard InChI is InChI=1S/C23H33ClN4O/c1-6-28-22(18-7-9-20(24)10-8-18)19(11-23(28,5)14-29)12-25-13-21-17(4)26-15(2)16(3)27-21/h7-10,19,22,25,29H,6,11-14H2,1-5H3/t19-,22+,23+/m0/s1. The molecule has 0 radical (unpaired) electrons. The largest absolute Gasteiger partial charge is 0.394 e. The molecule has 2 N–H and O–H groups in total. The minimum atomic E-state index is -0.221. The molecule has 1 aliphatic heterocycles. The number of halogens is 1. The molecule has 1 aliphatic rings. The van der Waals surface area contributed by atoms with Crippen molar-refractivity contribution in [3.05, 3.63) is 57.6 Å². The number of aliphatic hydroxyl groups is 1. The predicted octanol–water partition coefficient (Wildman–Crippen LogP) is 3.98. The summed E-state index contributed by atoms with van der Waals surface area (Å²) in [5, 5.41) is 14.5. The molecule has 2 heterocycles. The molecule has 3 rings (SSSR count). The molecule has 2 aromatic rings. The van der Waals surface area contributed by atoms with Crippen LogP contribution in [0.2, 0.25) is 5.02 Å². The van der Waals surface area contributed by atoms with Gasteiger partial charge >= 0.3 is 0 Å². The lowest BCUT2D eigenvalue weighted by molar-refractivity contribution is 0.0579. The van der Waals surface area contributed by atoms with Gasteiger partial charge in [-0.1, -0.05) is 30.7 Å². The molecule has 0 aliphatic carbocycles. The molecule has 5 nitrogen and oxygen atoms in total. The van der Waals surface area contributed by atoms with Gasteiger partial charge in [0.05, 0.1) is 29.4 Å². The Morgan fingerprint density at radius 2 is 1.79 bits per heavy atom. The molecule has 0 bridgehead atoms. The van der Waals surface area contributed by atoms with Crippen molar-refractivity contribution in [2.75, 3.05) is 19.7 Å². The van der Waals surface area contributed by atoms with E-state index in [4.69, 9.17) is 16.6 Å². The van der Waals surface area contributed by atoms with E-state index >= 15 is 0 Å². The van der Waals surface area contributed by atoms with Crippen LogP contribution in [0.4, 0.5) is 0 Å². The third-order valence-electron chi connectivity index (χ3n) is 6.35. The molecule has 1 aromatic heterocycles. The van der Waals surface area contributed by atoms with Crippen LogP contribution in [0.25, 0.3) is 0 Å². The fourth-order valence-corrected chi connectivity index (χ4v) is 4.84. The Bertz CT molecular complexity index is 842. The van der Waals surface area contributed by atoms with Crippen molar-refractivity contribution < 1.29 is 5.11 Å². The maximum atomic E-state index is 10.1. The van der Waals surface area contributed by atoms with E-state index in [1.54, 1.807) is 0 Å². The SMILES string of the molecule is CCN1[C@H](c2ccc(Cl)cc2)[C@H](CNCc2nc(C)c(C)nc2C)C[C@]1(C)CO. The molecule has 1 saturated heterocycles. The zero-order valence-corrected chi connectivity index (χ0v) is 18.9. The second kappa shape index (κ2) is 9.09. The molecule has 1 aromatic carbocycles. The topological polar surface area (TPSA) is 61.3 Å². The minimum absolute atomic E-state index is 0.156. The Kier molecular flexibility index (Phi) is 6.94. The highest BCUT2D eigenvalue weighted by Gasteiger charge is 2.47. The molecule has 0 spiro atoms. The highest BCUT2D eigenvalue weighted by atomic mass is 35.5.